The third-order valence-corrected chi connectivity index (χ3v) is 4.03. The number of carbonyl (C=O) groups is 1. The molecule has 7 heteroatoms. The molecule has 0 aliphatic heterocycles. The largest absolute Gasteiger partial charge is 0.319 e. The molecule has 4 aromatic heterocycles. The fraction of sp³-hybridized carbons (Fsp3) is 0.222. The zero-order chi connectivity index (χ0) is 17.6. The number of amides is 1. The van der Waals surface area contributed by atoms with Crippen molar-refractivity contribution in [3.8, 4) is 0 Å². The van der Waals surface area contributed by atoms with Crippen LogP contribution in [0.25, 0.3) is 16.7 Å². The second-order valence-corrected chi connectivity index (χ2v) is 6.37. The molecule has 0 saturated heterocycles. The van der Waals surface area contributed by atoms with Crippen molar-refractivity contribution in [3.63, 3.8) is 0 Å². The van der Waals surface area contributed by atoms with E-state index in [1.54, 1.807) is 18.6 Å². The number of nitrogens with one attached hydrogen (secondary N) is 1. The van der Waals surface area contributed by atoms with Gasteiger partial charge < -0.3 is 9.72 Å². The number of anilines is 1. The Balaban J connectivity index is 1.62. The van der Waals surface area contributed by atoms with Gasteiger partial charge in [-0.15, -0.1) is 0 Å². The maximum Gasteiger partial charge on any atom is 0.275 e. The predicted octanol–water partition coefficient (Wildman–Crippen LogP) is 3.22. The van der Waals surface area contributed by atoms with E-state index in [1.165, 1.54) is 0 Å². The van der Waals surface area contributed by atoms with Crippen molar-refractivity contribution < 1.29 is 4.79 Å². The highest BCUT2D eigenvalue weighted by molar-refractivity contribution is 6.03. The Morgan fingerprint density at radius 1 is 1.24 bits per heavy atom. The molecule has 0 atom stereocenters. The van der Waals surface area contributed by atoms with Crippen molar-refractivity contribution in [2.24, 2.45) is 0 Å². The van der Waals surface area contributed by atoms with Gasteiger partial charge in [0, 0.05) is 23.8 Å². The Morgan fingerprint density at radius 2 is 2.08 bits per heavy atom. The molecule has 0 aliphatic carbocycles. The van der Waals surface area contributed by atoms with Crippen molar-refractivity contribution in [3.05, 3.63) is 54.2 Å². The van der Waals surface area contributed by atoms with E-state index in [-0.39, 0.29) is 11.9 Å². The van der Waals surface area contributed by atoms with Crippen molar-refractivity contribution in [1.29, 1.82) is 0 Å². The first kappa shape index (κ1) is 15.3. The van der Waals surface area contributed by atoms with Crippen LogP contribution >= 0.6 is 0 Å². The van der Waals surface area contributed by atoms with E-state index in [2.05, 4.69) is 34.2 Å². The van der Waals surface area contributed by atoms with Gasteiger partial charge in [0.15, 0.2) is 5.65 Å². The second kappa shape index (κ2) is 5.70. The molecule has 0 spiro atoms. The lowest BCUT2D eigenvalue weighted by Crippen LogP contribution is -2.12. The fourth-order valence-electron chi connectivity index (χ4n) is 2.77. The van der Waals surface area contributed by atoms with Crippen LogP contribution in [0.2, 0.25) is 0 Å². The molecule has 0 aromatic carbocycles. The van der Waals surface area contributed by atoms with Crippen LogP contribution in [0.4, 0.5) is 5.69 Å². The molecule has 0 bridgehead atoms. The third-order valence-electron chi connectivity index (χ3n) is 4.03. The Hall–Kier alpha value is -3.22. The second-order valence-electron chi connectivity index (χ2n) is 6.37. The van der Waals surface area contributed by atoms with Gasteiger partial charge in [0.25, 0.3) is 5.91 Å². The molecule has 0 saturated carbocycles. The maximum absolute atomic E-state index is 12.5. The summed E-state index contributed by atoms with van der Waals surface area (Å²) in [5.41, 5.74) is 3.63. The molecule has 4 aromatic rings. The minimum Gasteiger partial charge on any atom is -0.319 e. The first-order valence-electron chi connectivity index (χ1n) is 8.11. The van der Waals surface area contributed by atoms with Gasteiger partial charge in [-0.1, -0.05) is 0 Å². The summed E-state index contributed by atoms with van der Waals surface area (Å²) in [6.45, 7) is 6.09. The first-order valence-corrected chi connectivity index (χ1v) is 8.11. The zero-order valence-corrected chi connectivity index (χ0v) is 14.3. The van der Waals surface area contributed by atoms with Gasteiger partial charge in [-0.25, -0.2) is 14.6 Å². The lowest BCUT2D eigenvalue weighted by molar-refractivity contribution is 0.102. The Bertz CT molecular complexity index is 1090. The molecule has 0 fully saturated rings. The lowest BCUT2D eigenvalue weighted by Gasteiger charge is -2.07. The summed E-state index contributed by atoms with van der Waals surface area (Å²) in [4.78, 5) is 21.3. The van der Waals surface area contributed by atoms with Crippen LogP contribution in [-0.2, 0) is 0 Å². The number of aryl methyl sites for hydroxylation is 1. The molecule has 4 rings (SSSR count). The average molecular weight is 334 g/mol. The monoisotopic (exact) mass is 334 g/mol. The van der Waals surface area contributed by atoms with Crippen LogP contribution in [0.1, 0.15) is 35.9 Å². The number of imidazole rings is 1. The Kier molecular flexibility index (Phi) is 3.49. The molecule has 1 N–H and O–H groups in total. The molecule has 126 valence electrons. The highest BCUT2D eigenvalue weighted by atomic mass is 16.1. The molecule has 1 amide bonds. The van der Waals surface area contributed by atoms with E-state index in [4.69, 9.17) is 0 Å². The fourth-order valence-corrected chi connectivity index (χ4v) is 2.77. The number of hydrogen-bond acceptors (Lipinski definition) is 4. The van der Waals surface area contributed by atoms with Crippen LogP contribution < -0.4 is 5.32 Å². The van der Waals surface area contributed by atoms with Gasteiger partial charge in [0.1, 0.15) is 11.3 Å². The van der Waals surface area contributed by atoms with Gasteiger partial charge in [0.2, 0.25) is 0 Å². The van der Waals surface area contributed by atoms with Gasteiger partial charge in [0.05, 0.1) is 18.1 Å². The summed E-state index contributed by atoms with van der Waals surface area (Å²) >= 11 is 0. The quantitative estimate of drug-likeness (QED) is 0.624. The smallest absolute Gasteiger partial charge is 0.275 e. The number of hydrogen-bond donors (Lipinski definition) is 1. The van der Waals surface area contributed by atoms with Crippen molar-refractivity contribution in [2.75, 3.05) is 5.32 Å². The molecular formula is C18H18N6O. The molecular weight excluding hydrogens is 316 g/mol. The Morgan fingerprint density at radius 3 is 2.88 bits per heavy atom. The molecule has 4 heterocycles. The summed E-state index contributed by atoms with van der Waals surface area (Å²) < 4.78 is 3.68. The molecule has 25 heavy (non-hydrogen) atoms. The van der Waals surface area contributed by atoms with E-state index < -0.39 is 0 Å². The molecule has 7 nitrogen and oxygen atoms in total. The average Bonchev–Trinajstić information content (AvgIpc) is 3.17. The first-order chi connectivity index (χ1) is 12.0. The van der Waals surface area contributed by atoms with Gasteiger partial charge in [-0.2, -0.15) is 5.10 Å². The summed E-state index contributed by atoms with van der Waals surface area (Å²) in [6.07, 6.45) is 7.00. The SMILES string of the molecule is Cc1ccn2cc(C(=O)Nc3cnc4c(cnn4C(C)C)c3)nc2c1. The van der Waals surface area contributed by atoms with E-state index >= 15 is 0 Å². The molecule has 0 radical (unpaired) electrons. The third kappa shape index (κ3) is 2.73. The van der Waals surface area contributed by atoms with Crippen molar-refractivity contribution >= 4 is 28.3 Å². The number of pyridine rings is 2. The van der Waals surface area contributed by atoms with Crippen LogP contribution in [-0.4, -0.2) is 30.1 Å². The number of nitrogens with zero attached hydrogens (tertiary/aromatic N) is 5. The van der Waals surface area contributed by atoms with E-state index in [1.807, 2.05) is 40.4 Å². The molecule has 0 unspecified atom stereocenters. The summed E-state index contributed by atoms with van der Waals surface area (Å²) in [5.74, 6) is -0.265. The summed E-state index contributed by atoms with van der Waals surface area (Å²) in [6, 6.07) is 6.00. The highest BCUT2D eigenvalue weighted by Crippen LogP contribution is 2.19. The van der Waals surface area contributed by atoms with Gasteiger partial charge >= 0.3 is 0 Å². The van der Waals surface area contributed by atoms with Gasteiger partial charge in [-0.05, 0) is 44.5 Å². The van der Waals surface area contributed by atoms with Gasteiger partial charge in [-0.3, -0.25) is 4.79 Å². The number of carbonyl (C=O) groups excluding carboxylic acids is 1. The van der Waals surface area contributed by atoms with Crippen molar-refractivity contribution in [1.82, 2.24) is 24.1 Å². The number of aromatic nitrogens is 5. The van der Waals surface area contributed by atoms with Crippen LogP contribution in [0.5, 0.6) is 0 Å². The van der Waals surface area contributed by atoms with Crippen LogP contribution in [0.15, 0.2) is 43.0 Å². The lowest BCUT2D eigenvalue weighted by atomic mass is 10.3. The molecule has 0 aliphatic rings. The summed E-state index contributed by atoms with van der Waals surface area (Å²) in [7, 11) is 0. The van der Waals surface area contributed by atoms with Crippen LogP contribution in [0, 0.1) is 6.92 Å². The highest BCUT2D eigenvalue weighted by Gasteiger charge is 2.13. The predicted molar refractivity (Wildman–Crippen MR) is 95.8 cm³/mol. The minimum atomic E-state index is -0.265. The van der Waals surface area contributed by atoms with Crippen LogP contribution in [0.3, 0.4) is 0 Å². The Labute approximate surface area is 144 Å². The van der Waals surface area contributed by atoms with E-state index in [9.17, 15) is 4.79 Å². The van der Waals surface area contributed by atoms with E-state index in [0.29, 0.717) is 11.4 Å². The normalized spacial score (nSPS) is 11.5. The van der Waals surface area contributed by atoms with E-state index in [0.717, 1.165) is 22.2 Å². The van der Waals surface area contributed by atoms with Crippen molar-refractivity contribution in [2.45, 2.75) is 26.8 Å². The summed E-state index contributed by atoms with van der Waals surface area (Å²) in [5, 5.41) is 8.07. The maximum atomic E-state index is 12.5. The standard InChI is InChI=1S/C18H18N6O/c1-11(2)24-17-13(8-20-24)7-14(9-19-17)21-18(25)15-10-23-5-4-12(3)6-16(23)22-15/h4-11H,1-3H3,(H,21,25). The minimum absolute atomic E-state index is 0.229. The number of rotatable bonds is 3. The topological polar surface area (TPSA) is 77.1 Å². The zero-order valence-electron chi connectivity index (χ0n) is 14.3. The number of fused-ring (bicyclic) bond motifs is 2.